The number of unbranched alkanes of at least 4 members (excludes halogenated alkanes) is 1. The van der Waals surface area contributed by atoms with E-state index in [1.807, 2.05) is 0 Å². The maximum absolute atomic E-state index is 11.9. The normalized spacial score (nSPS) is 12.7. The molecular formula is C10H11BrClF3N2O2S. The van der Waals surface area contributed by atoms with E-state index in [4.69, 9.17) is 11.6 Å². The summed E-state index contributed by atoms with van der Waals surface area (Å²) < 4.78 is 62.1. The smallest absolute Gasteiger partial charge is 0.242 e. The van der Waals surface area contributed by atoms with Gasteiger partial charge < -0.3 is 0 Å². The van der Waals surface area contributed by atoms with Crippen molar-refractivity contribution in [2.75, 3.05) is 6.54 Å². The quantitative estimate of drug-likeness (QED) is 0.592. The van der Waals surface area contributed by atoms with Gasteiger partial charge >= 0.3 is 6.18 Å². The van der Waals surface area contributed by atoms with Gasteiger partial charge in [-0.2, -0.15) is 13.2 Å². The van der Waals surface area contributed by atoms with Crippen molar-refractivity contribution in [3.05, 3.63) is 21.9 Å². The van der Waals surface area contributed by atoms with Crippen LogP contribution in [0.2, 0.25) is 5.15 Å². The molecule has 0 saturated heterocycles. The second kappa shape index (κ2) is 7.06. The first-order valence-electron chi connectivity index (χ1n) is 5.49. The summed E-state index contributed by atoms with van der Waals surface area (Å²) in [4.78, 5) is 3.45. The molecule has 0 unspecified atom stereocenters. The van der Waals surface area contributed by atoms with E-state index in [1.54, 1.807) is 0 Å². The minimum absolute atomic E-state index is 0.0811. The Hall–Kier alpha value is -0.380. The predicted molar refractivity (Wildman–Crippen MR) is 72.0 cm³/mol. The van der Waals surface area contributed by atoms with Crippen LogP contribution in [0.15, 0.2) is 21.6 Å². The molecule has 0 bridgehead atoms. The number of halogens is 5. The van der Waals surface area contributed by atoms with Crippen molar-refractivity contribution in [1.29, 1.82) is 0 Å². The Morgan fingerprint density at radius 1 is 1.35 bits per heavy atom. The van der Waals surface area contributed by atoms with Crippen LogP contribution < -0.4 is 4.72 Å². The fourth-order valence-corrected chi connectivity index (χ4v) is 3.34. The van der Waals surface area contributed by atoms with Crippen LogP contribution in [0.25, 0.3) is 0 Å². The zero-order chi connectivity index (χ0) is 15.4. The summed E-state index contributed by atoms with van der Waals surface area (Å²) in [5.74, 6) is 0. The summed E-state index contributed by atoms with van der Waals surface area (Å²) in [6.45, 7) is -0.0960. The average Bonchev–Trinajstić information content (AvgIpc) is 2.30. The zero-order valence-corrected chi connectivity index (χ0v) is 13.2. The summed E-state index contributed by atoms with van der Waals surface area (Å²) in [5, 5.41) is -0.198. The Bertz CT molecular complexity index is 566. The molecule has 0 aliphatic rings. The van der Waals surface area contributed by atoms with Gasteiger partial charge in [-0.1, -0.05) is 11.6 Å². The molecule has 1 aromatic rings. The van der Waals surface area contributed by atoms with Crippen molar-refractivity contribution in [2.24, 2.45) is 0 Å². The minimum Gasteiger partial charge on any atom is -0.242 e. The molecule has 1 N–H and O–H groups in total. The van der Waals surface area contributed by atoms with Gasteiger partial charge in [-0.3, -0.25) is 0 Å². The minimum atomic E-state index is -4.23. The van der Waals surface area contributed by atoms with Crippen LogP contribution in [0.3, 0.4) is 0 Å². The van der Waals surface area contributed by atoms with Crippen molar-refractivity contribution >= 4 is 37.6 Å². The van der Waals surface area contributed by atoms with Gasteiger partial charge in [-0.05, 0) is 34.8 Å². The van der Waals surface area contributed by atoms with Gasteiger partial charge in [-0.25, -0.2) is 18.1 Å². The van der Waals surface area contributed by atoms with Crippen molar-refractivity contribution < 1.29 is 21.6 Å². The molecule has 10 heteroatoms. The molecule has 0 atom stereocenters. The Labute approximate surface area is 127 Å². The first-order valence-corrected chi connectivity index (χ1v) is 8.15. The number of hydrogen-bond donors (Lipinski definition) is 1. The number of hydrogen-bond acceptors (Lipinski definition) is 3. The van der Waals surface area contributed by atoms with Gasteiger partial charge in [0.25, 0.3) is 0 Å². The van der Waals surface area contributed by atoms with Gasteiger partial charge in [0.2, 0.25) is 10.0 Å². The van der Waals surface area contributed by atoms with Gasteiger partial charge in [0.05, 0.1) is 0 Å². The number of sulfonamides is 1. The number of pyridine rings is 1. The van der Waals surface area contributed by atoms with Gasteiger partial charge in [-0.15, -0.1) is 0 Å². The van der Waals surface area contributed by atoms with Crippen LogP contribution in [0.5, 0.6) is 0 Å². The van der Waals surface area contributed by atoms with Crippen molar-refractivity contribution in [2.45, 2.75) is 30.3 Å². The van der Waals surface area contributed by atoms with Crippen molar-refractivity contribution in [3.63, 3.8) is 0 Å². The maximum Gasteiger partial charge on any atom is 0.389 e. The number of nitrogens with one attached hydrogen (secondary N) is 1. The Balaban J connectivity index is 2.56. The van der Waals surface area contributed by atoms with Crippen LogP contribution in [0, 0.1) is 0 Å². The highest BCUT2D eigenvalue weighted by molar-refractivity contribution is 9.10. The van der Waals surface area contributed by atoms with Gasteiger partial charge in [0, 0.05) is 23.6 Å². The number of aromatic nitrogens is 1. The van der Waals surface area contributed by atoms with Crippen LogP contribution >= 0.6 is 27.5 Å². The highest BCUT2D eigenvalue weighted by Crippen LogP contribution is 2.23. The summed E-state index contributed by atoms with van der Waals surface area (Å²) >= 11 is 8.75. The molecule has 1 heterocycles. The predicted octanol–water partition coefficient (Wildman–Crippen LogP) is 3.51. The third kappa shape index (κ3) is 5.94. The molecule has 0 aromatic carbocycles. The molecule has 4 nitrogen and oxygen atoms in total. The third-order valence-electron chi connectivity index (χ3n) is 2.24. The molecule has 0 radical (unpaired) electrons. The molecule has 1 aromatic heterocycles. The largest absolute Gasteiger partial charge is 0.389 e. The molecule has 0 fully saturated rings. The van der Waals surface area contributed by atoms with E-state index in [2.05, 4.69) is 25.6 Å². The average molecular weight is 396 g/mol. The molecule has 0 saturated carbocycles. The maximum atomic E-state index is 11.9. The van der Waals surface area contributed by atoms with Gasteiger partial charge in [0.15, 0.2) is 0 Å². The Kier molecular flexibility index (Phi) is 6.24. The molecular weight excluding hydrogens is 385 g/mol. The summed E-state index contributed by atoms with van der Waals surface area (Å²) in [7, 11) is -3.89. The summed E-state index contributed by atoms with van der Waals surface area (Å²) in [6, 6.07) is 1.27. The molecule has 0 spiro atoms. The van der Waals surface area contributed by atoms with E-state index in [0.717, 1.165) is 0 Å². The molecule has 0 aliphatic heterocycles. The lowest BCUT2D eigenvalue weighted by atomic mass is 10.2. The second-order valence-electron chi connectivity index (χ2n) is 3.91. The topological polar surface area (TPSA) is 59.1 Å². The fraction of sp³-hybridized carbons (Fsp3) is 0.500. The van der Waals surface area contributed by atoms with Crippen LogP contribution in [-0.2, 0) is 10.0 Å². The van der Waals surface area contributed by atoms with Gasteiger partial charge in [0.1, 0.15) is 10.0 Å². The second-order valence-corrected chi connectivity index (χ2v) is 6.92. The lowest BCUT2D eigenvalue weighted by Crippen LogP contribution is -2.25. The lowest BCUT2D eigenvalue weighted by Gasteiger charge is -2.09. The zero-order valence-electron chi connectivity index (χ0n) is 10.0. The monoisotopic (exact) mass is 394 g/mol. The van der Waals surface area contributed by atoms with E-state index in [0.29, 0.717) is 4.47 Å². The van der Waals surface area contributed by atoms with Crippen LogP contribution in [0.1, 0.15) is 19.3 Å². The van der Waals surface area contributed by atoms with Crippen molar-refractivity contribution in [3.8, 4) is 0 Å². The van der Waals surface area contributed by atoms with Crippen LogP contribution in [-0.4, -0.2) is 26.1 Å². The first kappa shape index (κ1) is 17.7. The number of alkyl halides is 3. The molecule has 0 amide bonds. The lowest BCUT2D eigenvalue weighted by molar-refractivity contribution is -0.135. The SMILES string of the molecule is O=S(=O)(NCCCCC(F)(F)F)c1cc(Br)cnc1Cl. The molecule has 20 heavy (non-hydrogen) atoms. The molecule has 1 rings (SSSR count). The van der Waals surface area contributed by atoms with E-state index < -0.39 is 22.6 Å². The highest BCUT2D eigenvalue weighted by atomic mass is 79.9. The number of nitrogens with zero attached hydrogens (tertiary/aromatic N) is 1. The molecule has 0 aliphatic carbocycles. The number of rotatable bonds is 6. The van der Waals surface area contributed by atoms with Crippen molar-refractivity contribution in [1.82, 2.24) is 9.71 Å². The van der Waals surface area contributed by atoms with E-state index >= 15 is 0 Å². The van der Waals surface area contributed by atoms with Crippen LogP contribution in [0.4, 0.5) is 13.2 Å². The third-order valence-corrected chi connectivity index (χ3v) is 4.56. The standard InChI is InChI=1S/C10H11BrClF3N2O2S/c11-7-5-8(9(12)16-6-7)20(18,19)17-4-2-1-3-10(13,14)15/h5-6,17H,1-4H2. The Morgan fingerprint density at radius 3 is 2.60 bits per heavy atom. The molecule has 114 valence electrons. The Morgan fingerprint density at radius 2 is 2.00 bits per heavy atom. The van der Waals surface area contributed by atoms with E-state index in [9.17, 15) is 21.6 Å². The first-order chi connectivity index (χ1) is 9.12. The summed E-state index contributed by atoms with van der Waals surface area (Å²) in [5.41, 5.74) is 0. The highest BCUT2D eigenvalue weighted by Gasteiger charge is 2.26. The van der Waals surface area contributed by atoms with E-state index in [-0.39, 0.29) is 29.4 Å². The fourth-order valence-electron chi connectivity index (χ4n) is 1.33. The summed E-state index contributed by atoms with van der Waals surface area (Å²) in [6.07, 6.45) is -3.89. The van der Waals surface area contributed by atoms with E-state index in [1.165, 1.54) is 12.3 Å².